The molecule has 2 amide bonds. The lowest BCUT2D eigenvalue weighted by molar-refractivity contribution is -0.135. The van der Waals surface area contributed by atoms with Gasteiger partial charge < -0.3 is 21.3 Å². The van der Waals surface area contributed by atoms with E-state index < -0.39 is 37.4 Å². The number of aliphatic hydroxyl groups excluding tert-OH is 1. The van der Waals surface area contributed by atoms with Gasteiger partial charge in [0.25, 0.3) is 0 Å². The third kappa shape index (κ3) is 10.4. The number of hydrogen-bond acceptors (Lipinski definition) is 6. The van der Waals surface area contributed by atoms with Crippen molar-refractivity contribution in [2.45, 2.75) is 91.3 Å². The average Bonchev–Trinajstić information content (AvgIpc) is 3.02. The number of amidine groups is 1. The molecule has 2 aromatic rings. The number of benzene rings is 2. The molecule has 1 aliphatic rings. The maximum atomic E-state index is 13.2. The molecule has 1 saturated carbocycles. The van der Waals surface area contributed by atoms with E-state index in [-0.39, 0.29) is 43.3 Å². The third-order valence-corrected chi connectivity index (χ3v) is 8.13. The van der Waals surface area contributed by atoms with E-state index in [0.717, 1.165) is 28.0 Å². The number of nitrogens with zero attached hydrogens (tertiary/aromatic N) is 2. The largest absolute Gasteiger partial charge is 0.400 e. The topological polar surface area (TPSA) is 135 Å². The van der Waals surface area contributed by atoms with Gasteiger partial charge in [0.05, 0.1) is 30.9 Å². The van der Waals surface area contributed by atoms with Gasteiger partial charge in [-0.2, -0.15) is 13.2 Å². The molecule has 0 aromatic heterocycles. The maximum Gasteiger partial charge on any atom is 0.390 e. The van der Waals surface area contributed by atoms with Crippen LogP contribution in [0.15, 0.2) is 58.7 Å². The minimum Gasteiger partial charge on any atom is -0.400 e. The number of alkyl halides is 3. The minimum absolute atomic E-state index is 0.0376. The van der Waals surface area contributed by atoms with Gasteiger partial charge in [-0.05, 0) is 67.4 Å². The molecule has 45 heavy (non-hydrogen) atoms. The first-order valence-corrected chi connectivity index (χ1v) is 15.4. The second kappa shape index (κ2) is 16.6. The van der Waals surface area contributed by atoms with Crippen molar-refractivity contribution in [3.05, 3.63) is 76.0 Å². The molecule has 2 atom stereocenters. The van der Waals surface area contributed by atoms with Crippen LogP contribution in [0.5, 0.6) is 0 Å². The van der Waals surface area contributed by atoms with Gasteiger partial charge in [-0.1, -0.05) is 64.1 Å². The predicted octanol–water partition coefficient (Wildman–Crippen LogP) is 7.03. The molecule has 1 aliphatic carbocycles. The number of aliphatic imine (C=N–C) groups is 1. The number of aliphatic hydroxyl groups is 2. The highest BCUT2D eigenvalue weighted by molar-refractivity contribution is 6.06. The Balaban J connectivity index is 0.00000345. The van der Waals surface area contributed by atoms with E-state index in [4.69, 9.17) is 16.1 Å². The Morgan fingerprint density at radius 3 is 2.40 bits per heavy atom. The van der Waals surface area contributed by atoms with Crippen molar-refractivity contribution in [2.24, 2.45) is 10.7 Å². The second-order valence-corrected chi connectivity index (χ2v) is 11.3. The summed E-state index contributed by atoms with van der Waals surface area (Å²) >= 11 is 0. The second-order valence-electron chi connectivity index (χ2n) is 11.3. The van der Waals surface area contributed by atoms with E-state index >= 15 is 0 Å². The average molecular weight is 632 g/mol. The fraction of sp³-hybridized carbons (Fsp3) is 0.500. The maximum absolute atomic E-state index is 13.2. The first kappa shape index (κ1) is 37.5. The quantitative estimate of drug-likeness (QED) is 0.150. The predicted molar refractivity (Wildman–Crippen MR) is 174 cm³/mol. The number of carbonyl (C=O) groups is 1. The molecule has 0 heterocycles. The molecule has 3 rings (SSSR count). The summed E-state index contributed by atoms with van der Waals surface area (Å²) in [6.45, 7) is 10.6. The highest BCUT2D eigenvalue weighted by Crippen LogP contribution is 2.33. The number of hydrogen-bond donors (Lipinski definition) is 5. The van der Waals surface area contributed by atoms with Crippen LogP contribution in [-0.4, -0.2) is 64.2 Å². The molecule has 11 heteroatoms. The van der Waals surface area contributed by atoms with E-state index in [1.807, 2.05) is 65.0 Å². The Labute approximate surface area is 264 Å². The number of nitrogens with two attached hydrogens (primary N) is 1. The lowest BCUT2D eigenvalue weighted by Crippen LogP contribution is -2.46. The number of nitrogens with one attached hydrogen (secondary N) is 2. The molecule has 2 aromatic carbocycles. The molecule has 0 saturated heterocycles. The Bertz CT molecular complexity index is 1370. The van der Waals surface area contributed by atoms with E-state index in [9.17, 15) is 28.2 Å². The molecular formula is C34H48F3N5O3. The van der Waals surface area contributed by atoms with Crippen molar-refractivity contribution in [3.63, 3.8) is 0 Å². The van der Waals surface area contributed by atoms with Gasteiger partial charge in [0, 0.05) is 29.9 Å². The van der Waals surface area contributed by atoms with Crippen LogP contribution in [0.25, 0.3) is 0 Å². The first-order chi connectivity index (χ1) is 21.2. The molecule has 248 valence electrons. The van der Waals surface area contributed by atoms with Crippen molar-refractivity contribution in [1.82, 2.24) is 10.2 Å². The number of amides is 2. The number of allylic oxidation sites excluding steroid dienone is 1. The van der Waals surface area contributed by atoms with E-state index in [1.54, 1.807) is 12.1 Å². The molecule has 0 radical (unpaired) electrons. The minimum atomic E-state index is -4.52. The zero-order valence-electron chi connectivity index (χ0n) is 27.2. The molecule has 1 fully saturated rings. The molecule has 6 N–H and O–H groups in total. The molecule has 0 bridgehead atoms. The standard InChI is InChI=1S/C32H42F3N5O3.C2H6/c1-5-20(2)23-9-11-24(12-10-23)29(37)40(16-15-32(33,34)35)30(42)38-18-26(36)25-13-14-31(43,19-41)17-28(25)39-27-8-6-7-21(3)22(27)4;1-2/h6-12,20,37,41,43H,5,13-19,36H2,1-4H3,(H,38,42);1-2H3/b26-25-,37-29?,39-28?;. The van der Waals surface area contributed by atoms with E-state index in [0.29, 0.717) is 22.5 Å². The number of urea groups is 1. The SMILES string of the molecule is CC.CCC(C)c1ccc(C(=N)N(CCC(F)(F)F)C(=O)NC/C(N)=C2\CCC(O)(CO)CC2=Nc2cccc(C)c2C)cc1. The van der Waals surface area contributed by atoms with Gasteiger partial charge in [-0.25, -0.2) is 4.79 Å². The van der Waals surface area contributed by atoms with Crippen LogP contribution < -0.4 is 11.1 Å². The normalized spacial score (nSPS) is 19.3. The molecule has 8 nitrogen and oxygen atoms in total. The molecule has 0 spiro atoms. The monoisotopic (exact) mass is 631 g/mol. The number of halogens is 3. The van der Waals surface area contributed by atoms with E-state index in [2.05, 4.69) is 12.2 Å². The zero-order valence-corrected chi connectivity index (χ0v) is 27.2. The van der Waals surface area contributed by atoms with Gasteiger partial charge >= 0.3 is 12.2 Å². The lowest BCUT2D eigenvalue weighted by atomic mass is 9.80. The Kier molecular flexibility index (Phi) is 13.8. The van der Waals surface area contributed by atoms with Crippen molar-refractivity contribution in [1.29, 1.82) is 5.41 Å². The Hall–Kier alpha value is -3.70. The number of aryl methyl sites for hydroxylation is 1. The highest BCUT2D eigenvalue weighted by atomic mass is 19.4. The molecule has 0 aliphatic heterocycles. The fourth-order valence-electron chi connectivity index (χ4n) is 4.89. The fourth-order valence-corrected chi connectivity index (χ4v) is 4.89. The summed E-state index contributed by atoms with van der Waals surface area (Å²) in [5.74, 6) is -0.0770. The number of carbonyl (C=O) groups excluding carboxylic acids is 1. The van der Waals surface area contributed by atoms with Crippen molar-refractivity contribution >= 4 is 23.3 Å². The van der Waals surface area contributed by atoms with Gasteiger partial charge in [-0.3, -0.25) is 15.3 Å². The van der Waals surface area contributed by atoms with Crippen LogP contribution in [0, 0.1) is 19.3 Å². The van der Waals surface area contributed by atoms with Gasteiger partial charge in [0.2, 0.25) is 0 Å². The van der Waals surface area contributed by atoms with Crippen LogP contribution in [-0.2, 0) is 0 Å². The summed E-state index contributed by atoms with van der Waals surface area (Å²) in [7, 11) is 0. The van der Waals surface area contributed by atoms with Crippen molar-refractivity contribution in [2.75, 3.05) is 19.7 Å². The first-order valence-electron chi connectivity index (χ1n) is 15.4. The zero-order chi connectivity index (χ0) is 33.9. The summed E-state index contributed by atoms with van der Waals surface area (Å²) in [5.41, 5.74) is 10.3. The van der Waals surface area contributed by atoms with Gasteiger partial charge in [0.1, 0.15) is 5.84 Å². The van der Waals surface area contributed by atoms with Gasteiger partial charge in [-0.15, -0.1) is 0 Å². The van der Waals surface area contributed by atoms with Crippen molar-refractivity contribution < 1.29 is 28.2 Å². The van der Waals surface area contributed by atoms with Crippen LogP contribution in [0.4, 0.5) is 23.7 Å². The van der Waals surface area contributed by atoms with Crippen molar-refractivity contribution in [3.8, 4) is 0 Å². The van der Waals surface area contributed by atoms with Gasteiger partial charge in [0.15, 0.2) is 0 Å². The number of rotatable bonds is 9. The Morgan fingerprint density at radius 2 is 1.82 bits per heavy atom. The summed E-state index contributed by atoms with van der Waals surface area (Å²) in [5, 5.41) is 31.7. The Morgan fingerprint density at radius 1 is 1.18 bits per heavy atom. The van der Waals surface area contributed by atoms with Crippen LogP contribution >= 0.6 is 0 Å². The van der Waals surface area contributed by atoms with Crippen LogP contribution in [0.1, 0.15) is 88.0 Å². The van der Waals surface area contributed by atoms with E-state index in [1.165, 1.54) is 0 Å². The van der Waals surface area contributed by atoms with Crippen LogP contribution in [0.3, 0.4) is 0 Å². The molecule has 2 unspecified atom stereocenters. The summed E-state index contributed by atoms with van der Waals surface area (Å²) in [4.78, 5) is 18.7. The summed E-state index contributed by atoms with van der Waals surface area (Å²) < 4.78 is 39.4. The summed E-state index contributed by atoms with van der Waals surface area (Å²) in [6.07, 6.45) is -4.37. The third-order valence-electron chi connectivity index (χ3n) is 8.13. The highest BCUT2D eigenvalue weighted by Gasteiger charge is 2.35. The smallest absolute Gasteiger partial charge is 0.390 e. The lowest BCUT2D eigenvalue weighted by Gasteiger charge is -2.33. The van der Waals surface area contributed by atoms with Crippen LogP contribution in [0.2, 0.25) is 0 Å². The molecular weight excluding hydrogens is 583 g/mol. The summed E-state index contributed by atoms with van der Waals surface area (Å²) in [6, 6.07) is 11.6.